The minimum absolute atomic E-state index is 0.0451. The average molecular weight is 690 g/mol. The van der Waals surface area contributed by atoms with Gasteiger partial charge < -0.3 is 35.0 Å². The zero-order chi connectivity index (χ0) is 35.4. The molecule has 4 N–H and O–H groups in total. The Kier molecular flexibility index (Phi) is 8.59. The number of nitrogens with one attached hydrogen (secondary N) is 4. The first-order chi connectivity index (χ1) is 24.7. The van der Waals surface area contributed by atoms with E-state index in [2.05, 4.69) is 57.0 Å². The van der Waals surface area contributed by atoms with E-state index in [1.165, 1.54) is 0 Å². The second-order valence-electron chi connectivity index (χ2n) is 14.5. The average Bonchev–Trinajstić information content (AvgIpc) is 3.95. The number of aromatic amines is 2. The van der Waals surface area contributed by atoms with Gasteiger partial charge in [0.05, 0.1) is 41.6 Å². The number of nitrogens with zero attached hydrogens (tertiary/aromatic N) is 3. The molecule has 0 saturated carbocycles. The molecule has 2 fully saturated rings. The van der Waals surface area contributed by atoms with Gasteiger partial charge in [-0.3, -0.25) is 14.4 Å². The van der Waals surface area contributed by atoms with Gasteiger partial charge in [0.2, 0.25) is 12.2 Å². The maximum Gasteiger partial charge on any atom is 0.284 e. The number of likely N-dealkylation sites (tertiary alicyclic amines) is 1. The molecule has 2 amide bonds. The van der Waals surface area contributed by atoms with Crippen molar-refractivity contribution in [3.8, 4) is 28.1 Å². The molecule has 3 aromatic carbocycles. The number of carbonyl (C=O) groups excluding carboxylic acids is 3. The number of imidazole rings is 2. The van der Waals surface area contributed by atoms with E-state index in [-0.39, 0.29) is 36.2 Å². The SMILES string of the molecule is COC[C@@H]1CN[C@H](c2ncc(-c3ccc4c(c3)COc3cc5c(ccc6[nH]c([C@@H]7CC[C@H](C)N7C(=O)[C@@H](NC(=O)C=O)C(C)C)nc65)cc3-4)[nH]2)C1. The second kappa shape index (κ2) is 13.2. The van der Waals surface area contributed by atoms with Gasteiger partial charge in [0.25, 0.3) is 5.91 Å². The first-order valence-corrected chi connectivity index (χ1v) is 17.8. The zero-order valence-corrected chi connectivity index (χ0v) is 29.3. The molecule has 264 valence electrons. The lowest BCUT2D eigenvalue weighted by atomic mass is 9.92. The van der Waals surface area contributed by atoms with Crippen LogP contribution < -0.4 is 15.4 Å². The third-order valence-corrected chi connectivity index (χ3v) is 10.8. The molecule has 5 heterocycles. The van der Waals surface area contributed by atoms with Crippen molar-refractivity contribution in [2.45, 2.75) is 70.8 Å². The van der Waals surface area contributed by atoms with Crippen molar-refractivity contribution >= 4 is 39.9 Å². The fourth-order valence-electron chi connectivity index (χ4n) is 8.16. The summed E-state index contributed by atoms with van der Waals surface area (Å²) < 4.78 is 11.7. The molecule has 3 aliphatic heterocycles. The van der Waals surface area contributed by atoms with E-state index >= 15 is 0 Å². The third kappa shape index (κ3) is 5.95. The standard InChI is InChI=1S/C39H43N7O5/c1-20(2)35(44-34(48)17-47)39(49)46-21(3)5-10-32(46)38-42-29-9-7-23-13-28-26-8-6-24(12-25(26)19-51-33(28)14-27(23)36(29)45-38)31-16-41-37(43-31)30-11-22(15-40-30)18-50-4/h6-9,12-14,16-17,20-22,30,32,35,40H,5,10-11,15,18-19H2,1-4H3,(H,41,43)(H,42,45)(H,44,48)/t21-,22-,30-,32-,35-/m0/s1. The Morgan fingerprint density at radius 1 is 1.10 bits per heavy atom. The van der Waals surface area contributed by atoms with E-state index in [0.29, 0.717) is 18.3 Å². The molecule has 0 spiro atoms. The first-order valence-electron chi connectivity index (χ1n) is 17.8. The van der Waals surface area contributed by atoms with Crippen molar-refractivity contribution in [3.05, 3.63) is 65.9 Å². The zero-order valence-electron chi connectivity index (χ0n) is 29.3. The summed E-state index contributed by atoms with van der Waals surface area (Å²) in [4.78, 5) is 55.5. The van der Waals surface area contributed by atoms with Crippen LogP contribution in [0.3, 0.4) is 0 Å². The Morgan fingerprint density at radius 2 is 1.96 bits per heavy atom. The number of fused-ring (bicyclic) bond motifs is 6. The molecule has 5 atom stereocenters. The van der Waals surface area contributed by atoms with Crippen LogP contribution in [0.15, 0.2) is 48.7 Å². The van der Waals surface area contributed by atoms with Crippen molar-refractivity contribution < 1.29 is 23.9 Å². The predicted molar refractivity (Wildman–Crippen MR) is 193 cm³/mol. The highest BCUT2D eigenvalue weighted by molar-refractivity contribution is 6.24. The Bertz CT molecular complexity index is 2150. The van der Waals surface area contributed by atoms with Crippen LogP contribution in [0.2, 0.25) is 0 Å². The van der Waals surface area contributed by atoms with Crippen molar-refractivity contribution in [2.24, 2.45) is 11.8 Å². The Balaban J connectivity index is 1.07. The highest BCUT2D eigenvalue weighted by atomic mass is 16.5. The van der Waals surface area contributed by atoms with Gasteiger partial charge >= 0.3 is 0 Å². The molecule has 0 aliphatic carbocycles. The van der Waals surface area contributed by atoms with Crippen LogP contribution in [0, 0.1) is 11.8 Å². The molecule has 12 heteroatoms. The van der Waals surface area contributed by atoms with Gasteiger partial charge in [0, 0.05) is 30.6 Å². The summed E-state index contributed by atoms with van der Waals surface area (Å²) in [6.45, 7) is 7.86. The molecule has 12 nitrogen and oxygen atoms in total. The van der Waals surface area contributed by atoms with Gasteiger partial charge in [-0.15, -0.1) is 0 Å². The van der Waals surface area contributed by atoms with E-state index in [9.17, 15) is 14.4 Å². The van der Waals surface area contributed by atoms with Gasteiger partial charge in [-0.05, 0) is 84.4 Å². The lowest BCUT2D eigenvalue weighted by Crippen LogP contribution is -2.52. The first kappa shape index (κ1) is 33.1. The smallest absolute Gasteiger partial charge is 0.284 e. The van der Waals surface area contributed by atoms with Gasteiger partial charge in [0.1, 0.15) is 30.0 Å². The van der Waals surface area contributed by atoms with Crippen LogP contribution in [0.1, 0.15) is 69.3 Å². The highest BCUT2D eigenvalue weighted by Crippen LogP contribution is 2.43. The number of carbonyl (C=O) groups is 3. The van der Waals surface area contributed by atoms with Crippen LogP contribution in [0.4, 0.5) is 0 Å². The number of hydrogen-bond donors (Lipinski definition) is 4. The van der Waals surface area contributed by atoms with Crippen LogP contribution in [0.25, 0.3) is 44.2 Å². The number of amides is 2. The van der Waals surface area contributed by atoms with Crippen LogP contribution >= 0.6 is 0 Å². The molecule has 5 aromatic rings. The molecule has 3 aliphatic rings. The molecule has 0 unspecified atom stereocenters. The normalized spacial score (nSPS) is 21.9. The topological polar surface area (TPSA) is 154 Å². The van der Waals surface area contributed by atoms with E-state index in [1.54, 1.807) is 7.11 Å². The van der Waals surface area contributed by atoms with Gasteiger partial charge in [-0.25, -0.2) is 9.97 Å². The Labute approximate surface area is 295 Å². The van der Waals surface area contributed by atoms with Gasteiger partial charge in [-0.1, -0.05) is 32.0 Å². The molecule has 2 saturated heterocycles. The number of aldehydes is 1. The molecule has 51 heavy (non-hydrogen) atoms. The molecule has 0 bridgehead atoms. The summed E-state index contributed by atoms with van der Waals surface area (Å²) in [6, 6.07) is 13.9. The summed E-state index contributed by atoms with van der Waals surface area (Å²) in [6.07, 6.45) is 4.65. The number of methoxy groups -OCH3 is 1. The lowest BCUT2D eigenvalue weighted by molar-refractivity contribution is -0.141. The summed E-state index contributed by atoms with van der Waals surface area (Å²) in [5.41, 5.74) is 7.03. The summed E-state index contributed by atoms with van der Waals surface area (Å²) in [5.74, 6) is 1.75. The predicted octanol–water partition coefficient (Wildman–Crippen LogP) is 5.35. The number of hydrogen-bond acceptors (Lipinski definition) is 8. The molecule has 2 aromatic heterocycles. The molecule has 0 radical (unpaired) electrons. The van der Waals surface area contributed by atoms with E-state index in [0.717, 1.165) is 93.7 Å². The largest absolute Gasteiger partial charge is 0.488 e. The number of benzene rings is 3. The number of H-pyrrole nitrogens is 2. The van der Waals surface area contributed by atoms with Gasteiger partial charge in [-0.2, -0.15) is 0 Å². The van der Waals surface area contributed by atoms with E-state index < -0.39 is 11.9 Å². The van der Waals surface area contributed by atoms with Crippen molar-refractivity contribution in [1.29, 1.82) is 0 Å². The quantitative estimate of drug-likeness (QED) is 0.119. The molecular formula is C39H43N7O5. The maximum atomic E-state index is 13.8. The summed E-state index contributed by atoms with van der Waals surface area (Å²) in [7, 11) is 1.75. The van der Waals surface area contributed by atoms with Crippen LogP contribution in [0.5, 0.6) is 5.75 Å². The molecular weight excluding hydrogens is 646 g/mol. The molecule has 8 rings (SSSR count). The van der Waals surface area contributed by atoms with E-state index in [4.69, 9.17) is 19.4 Å². The maximum absolute atomic E-state index is 13.8. The van der Waals surface area contributed by atoms with Gasteiger partial charge in [0.15, 0.2) is 0 Å². The fraction of sp³-hybridized carbons (Fsp3) is 0.410. The lowest BCUT2D eigenvalue weighted by Gasteiger charge is -2.32. The summed E-state index contributed by atoms with van der Waals surface area (Å²) >= 11 is 0. The van der Waals surface area contributed by atoms with Crippen molar-refractivity contribution in [3.63, 3.8) is 0 Å². The van der Waals surface area contributed by atoms with E-state index in [1.807, 2.05) is 37.9 Å². The number of aromatic nitrogens is 4. The third-order valence-electron chi connectivity index (χ3n) is 10.8. The van der Waals surface area contributed by atoms with Crippen LogP contribution in [-0.4, -0.2) is 75.3 Å². The summed E-state index contributed by atoms with van der Waals surface area (Å²) in [5, 5.41) is 8.16. The number of rotatable bonds is 9. The second-order valence-corrected chi connectivity index (χ2v) is 14.5. The highest BCUT2D eigenvalue weighted by Gasteiger charge is 2.41. The van der Waals surface area contributed by atoms with Crippen molar-refractivity contribution in [1.82, 2.24) is 35.5 Å². The Morgan fingerprint density at radius 3 is 2.76 bits per heavy atom. The Hall–Kier alpha value is -5.07. The monoisotopic (exact) mass is 689 g/mol. The minimum Gasteiger partial charge on any atom is -0.488 e. The number of ether oxygens (including phenoxy) is 2. The van der Waals surface area contributed by atoms with Crippen molar-refractivity contribution in [2.75, 3.05) is 20.3 Å². The minimum atomic E-state index is -0.806. The van der Waals surface area contributed by atoms with Crippen LogP contribution in [-0.2, 0) is 25.7 Å². The fourth-order valence-corrected chi connectivity index (χ4v) is 8.16.